The number of amides is 2. The number of hydrogen-bond acceptors (Lipinski definition) is 3. The lowest BCUT2D eigenvalue weighted by Gasteiger charge is -2.26. The second-order valence-electron chi connectivity index (χ2n) is 4.09. The van der Waals surface area contributed by atoms with Crippen LogP contribution in [0.4, 0.5) is 0 Å². The van der Waals surface area contributed by atoms with Crippen molar-refractivity contribution in [3.05, 3.63) is 0 Å². The molecule has 0 bridgehead atoms. The quantitative estimate of drug-likeness (QED) is 0.591. The lowest BCUT2D eigenvalue weighted by molar-refractivity contribution is -0.125. The summed E-state index contributed by atoms with van der Waals surface area (Å²) in [4.78, 5) is 21.9. The molecule has 0 aromatic carbocycles. The van der Waals surface area contributed by atoms with Gasteiger partial charge in [-0.1, -0.05) is 0 Å². The van der Waals surface area contributed by atoms with E-state index in [-0.39, 0.29) is 30.4 Å². The molecular formula is C10H19N3O2. The molecule has 5 nitrogen and oxygen atoms in total. The van der Waals surface area contributed by atoms with Crippen molar-refractivity contribution in [3.63, 3.8) is 0 Å². The number of nitrogens with one attached hydrogen (secondary N) is 2. The maximum atomic E-state index is 11.3. The minimum Gasteiger partial charge on any atom is -0.352 e. The number of carbonyl (C=O) groups excluding carboxylic acids is 2. The van der Waals surface area contributed by atoms with E-state index in [0.29, 0.717) is 0 Å². The predicted molar refractivity (Wildman–Crippen MR) is 57.1 cm³/mol. The molecule has 1 fully saturated rings. The number of hydrogen-bond donors (Lipinski definition) is 3. The summed E-state index contributed by atoms with van der Waals surface area (Å²) in [6, 6.07) is 0.513. The molecule has 4 N–H and O–H groups in total. The molecule has 1 aliphatic carbocycles. The maximum absolute atomic E-state index is 11.3. The largest absolute Gasteiger partial charge is 0.352 e. The van der Waals surface area contributed by atoms with Crippen molar-refractivity contribution in [3.8, 4) is 0 Å². The highest BCUT2D eigenvalue weighted by atomic mass is 16.2. The van der Waals surface area contributed by atoms with Gasteiger partial charge in [-0.25, -0.2) is 0 Å². The van der Waals surface area contributed by atoms with Gasteiger partial charge in [0.15, 0.2) is 0 Å². The van der Waals surface area contributed by atoms with E-state index in [4.69, 9.17) is 5.73 Å². The fourth-order valence-electron chi connectivity index (χ4n) is 1.75. The molecular weight excluding hydrogens is 194 g/mol. The Bertz CT molecular complexity index is 235. The average molecular weight is 213 g/mol. The molecule has 1 rings (SSSR count). The average Bonchev–Trinajstić information content (AvgIpc) is 2.19. The SMILES string of the molecule is CC(=O)NCC(=O)NC1CCC(N)CC1. The zero-order chi connectivity index (χ0) is 11.3. The minimum atomic E-state index is -0.184. The van der Waals surface area contributed by atoms with Gasteiger partial charge in [-0.15, -0.1) is 0 Å². The van der Waals surface area contributed by atoms with Crippen LogP contribution in [-0.4, -0.2) is 30.4 Å². The summed E-state index contributed by atoms with van der Waals surface area (Å²) in [5.74, 6) is -0.304. The number of carbonyl (C=O) groups is 2. The van der Waals surface area contributed by atoms with Crippen molar-refractivity contribution >= 4 is 11.8 Å². The van der Waals surface area contributed by atoms with E-state index >= 15 is 0 Å². The lowest BCUT2D eigenvalue weighted by Crippen LogP contribution is -2.44. The molecule has 0 heterocycles. The fourth-order valence-corrected chi connectivity index (χ4v) is 1.75. The second kappa shape index (κ2) is 5.70. The van der Waals surface area contributed by atoms with Crippen molar-refractivity contribution in [1.82, 2.24) is 10.6 Å². The predicted octanol–water partition coefficient (Wildman–Crippen LogP) is -0.491. The van der Waals surface area contributed by atoms with Gasteiger partial charge in [-0.2, -0.15) is 0 Å². The van der Waals surface area contributed by atoms with Gasteiger partial charge in [-0.05, 0) is 25.7 Å². The van der Waals surface area contributed by atoms with Gasteiger partial charge in [-0.3, -0.25) is 9.59 Å². The van der Waals surface area contributed by atoms with E-state index in [1.807, 2.05) is 0 Å². The minimum absolute atomic E-state index is 0.0673. The third-order valence-electron chi connectivity index (χ3n) is 2.63. The molecule has 0 spiro atoms. The van der Waals surface area contributed by atoms with Gasteiger partial charge in [0.2, 0.25) is 11.8 Å². The molecule has 0 radical (unpaired) electrons. The highest BCUT2D eigenvalue weighted by Crippen LogP contribution is 2.16. The van der Waals surface area contributed by atoms with Crippen molar-refractivity contribution in [2.75, 3.05) is 6.54 Å². The van der Waals surface area contributed by atoms with E-state index < -0.39 is 0 Å². The molecule has 86 valence electrons. The lowest BCUT2D eigenvalue weighted by atomic mass is 9.92. The Hall–Kier alpha value is -1.10. The van der Waals surface area contributed by atoms with Crippen molar-refractivity contribution in [2.24, 2.45) is 5.73 Å². The summed E-state index contributed by atoms with van der Waals surface area (Å²) < 4.78 is 0. The van der Waals surface area contributed by atoms with Crippen LogP contribution >= 0.6 is 0 Å². The molecule has 0 aromatic rings. The molecule has 0 atom stereocenters. The van der Waals surface area contributed by atoms with Gasteiger partial charge >= 0.3 is 0 Å². The topological polar surface area (TPSA) is 84.2 Å². The second-order valence-corrected chi connectivity index (χ2v) is 4.09. The van der Waals surface area contributed by atoms with Crippen molar-refractivity contribution in [2.45, 2.75) is 44.7 Å². The van der Waals surface area contributed by atoms with Crippen LogP contribution in [0.3, 0.4) is 0 Å². The summed E-state index contributed by atoms with van der Waals surface area (Å²) >= 11 is 0. The first-order chi connectivity index (χ1) is 7.08. The van der Waals surface area contributed by atoms with Crippen LogP contribution in [0.5, 0.6) is 0 Å². The summed E-state index contributed by atoms with van der Waals surface area (Å²) in [6.07, 6.45) is 3.80. The molecule has 0 saturated heterocycles. The molecule has 0 aliphatic heterocycles. The summed E-state index contributed by atoms with van der Waals surface area (Å²) in [5.41, 5.74) is 5.76. The summed E-state index contributed by atoms with van der Waals surface area (Å²) in [6.45, 7) is 1.46. The van der Waals surface area contributed by atoms with E-state index in [1.54, 1.807) is 0 Å². The molecule has 1 aliphatic rings. The Morgan fingerprint density at radius 2 is 1.87 bits per heavy atom. The van der Waals surface area contributed by atoms with Gasteiger partial charge in [0.05, 0.1) is 6.54 Å². The Morgan fingerprint density at radius 1 is 1.27 bits per heavy atom. The standard InChI is InChI=1S/C10H19N3O2/c1-7(14)12-6-10(15)13-9-4-2-8(11)3-5-9/h8-9H,2-6,11H2,1H3,(H,12,14)(H,13,15). The summed E-state index contributed by atoms with van der Waals surface area (Å²) in [7, 11) is 0. The van der Waals surface area contributed by atoms with Crippen molar-refractivity contribution < 1.29 is 9.59 Å². The van der Waals surface area contributed by atoms with Crippen molar-refractivity contribution in [1.29, 1.82) is 0 Å². The van der Waals surface area contributed by atoms with E-state index in [9.17, 15) is 9.59 Å². The van der Waals surface area contributed by atoms with Crippen LogP contribution in [-0.2, 0) is 9.59 Å². The molecule has 2 amide bonds. The molecule has 1 saturated carbocycles. The Morgan fingerprint density at radius 3 is 2.40 bits per heavy atom. The monoisotopic (exact) mass is 213 g/mol. The smallest absolute Gasteiger partial charge is 0.239 e. The highest BCUT2D eigenvalue weighted by Gasteiger charge is 2.19. The Kier molecular flexibility index (Phi) is 4.55. The van der Waals surface area contributed by atoms with Crippen LogP contribution in [0.25, 0.3) is 0 Å². The first-order valence-electron chi connectivity index (χ1n) is 5.37. The molecule has 0 aromatic heterocycles. The van der Waals surface area contributed by atoms with E-state index in [2.05, 4.69) is 10.6 Å². The maximum Gasteiger partial charge on any atom is 0.239 e. The van der Waals surface area contributed by atoms with Gasteiger partial charge < -0.3 is 16.4 Å². The third-order valence-corrected chi connectivity index (χ3v) is 2.63. The van der Waals surface area contributed by atoms with Crippen LogP contribution in [0.2, 0.25) is 0 Å². The first-order valence-corrected chi connectivity index (χ1v) is 5.37. The van der Waals surface area contributed by atoms with Gasteiger partial charge in [0.25, 0.3) is 0 Å². The number of rotatable bonds is 3. The summed E-state index contributed by atoms with van der Waals surface area (Å²) in [5, 5.41) is 5.35. The normalized spacial score (nSPS) is 25.7. The molecule has 5 heteroatoms. The van der Waals surface area contributed by atoms with Crippen LogP contribution in [0, 0.1) is 0 Å². The molecule has 15 heavy (non-hydrogen) atoms. The molecule has 0 unspecified atom stereocenters. The zero-order valence-electron chi connectivity index (χ0n) is 9.08. The first kappa shape index (κ1) is 12.0. The van der Waals surface area contributed by atoms with E-state index in [1.165, 1.54) is 6.92 Å². The van der Waals surface area contributed by atoms with E-state index in [0.717, 1.165) is 25.7 Å². The Labute approximate surface area is 89.8 Å². The zero-order valence-corrected chi connectivity index (χ0v) is 9.08. The number of nitrogens with two attached hydrogens (primary N) is 1. The van der Waals surface area contributed by atoms with Gasteiger partial charge in [0, 0.05) is 19.0 Å². The van der Waals surface area contributed by atoms with Gasteiger partial charge in [0.1, 0.15) is 0 Å². The van der Waals surface area contributed by atoms with Crippen LogP contribution < -0.4 is 16.4 Å². The van der Waals surface area contributed by atoms with Crippen LogP contribution in [0.15, 0.2) is 0 Å². The van der Waals surface area contributed by atoms with Crippen LogP contribution in [0.1, 0.15) is 32.6 Å². The highest BCUT2D eigenvalue weighted by molar-refractivity contribution is 5.83. The third kappa shape index (κ3) is 4.78. The Balaban J connectivity index is 2.17. The fraction of sp³-hybridized carbons (Fsp3) is 0.800.